The maximum absolute atomic E-state index is 10.9. The van der Waals surface area contributed by atoms with Gasteiger partial charge in [-0.3, -0.25) is 0 Å². The summed E-state index contributed by atoms with van der Waals surface area (Å²) in [7, 11) is 0. The second-order valence-electron chi connectivity index (χ2n) is 3.52. The Labute approximate surface area is 109 Å². The number of nitrogens with zero attached hydrogens (tertiary/aromatic N) is 2. The zero-order valence-corrected chi connectivity index (χ0v) is 11.1. The third-order valence-corrected chi connectivity index (χ3v) is 3.75. The van der Waals surface area contributed by atoms with Crippen LogP contribution in [0.25, 0.3) is 11.3 Å². The van der Waals surface area contributed by atoms with Crippen LogP contribution in [0.15, 0.2) is 29.2 Å². The number of hydrogen-bond acceptors (Lipinski definition) is 4. The molecule has 0 saturated heterocycles. The molecule has 18 heavy (non-hydrogen) atoms. The Morgan fingerprint density at radius 2 is 2.06 bits per heavy atom. The van der Waals surface area contributed by atoms with Crippen LogP contribution in [-0.2, 0) is 4.79 Å². The topological polar surface area (TPSA) is 85.1 Å². The number of carbonyl (C=O) groups excluding carboxylic acids is 1. The van der Waals surface area contributed by atoms with Gasteiger partial charge < -0.3 is 0 Å². The molecule has 1 aromatic heterocycles. The SMILES string of the molecule is CC(=O)Nc1nc(-c2ccc([N+](=O)[O-])cc2)c[se]1. The molecule has 1 N–H and O–H groups in total. The Bertz CT molecular complexity index is 592. The van der Waals surface area contributed by atoms with Crippen molar-refractivity contribution in [3.05, 3.63) is 39.3 Å². The molecule has 1 aromatic carbocycles. The van der Waals surface area contributed by atoms with Gasteiger partial charge in [0.1, 0.15) is 0 Å². The zero-order valence-electron chi connectivity index (χ0n) is 9.41. The number of nitro benzene ring substituents is 1. The molecule has 6 nitrogen and oxygen atoms in total. The number of benzene rings is 1. The molecule has 0 saturated carbocycles. The van der Waals surface area contributed by atoms with E-state index in [1.165, 1.54) is 19.1 Å². The summed E-state index contributed by atoms with van der Waals surface area (Å²) in [4.78, 5) is 27.2. The number of carbonyl (C=O) groups is 1. The summed E-state index contributed by atoms with van der Waals surface area (Å²) in [6.45, 7) is 1.43. The number of hydrogen-bond donors (Lipinski definition) is 1. The van der Waals surface area contributed by atoms with Crippen LogP contribution in [0.3, 0.4) is 0 Å². The van der Waals surface area contributed by atoms with Crippen LogP contribution in [0.4, 0.5) is 10.4 Å². The van der Waals surface area contributed by atoms with Crippen LogP contribution < -0.4 is 5.32 Å². The molecule has 92 valence electrons. The number of nitrogens with one attached hydrogen (secondary N) is 1. The zero-order chi connectivity index (χ0) is 13.1. The molecule has 0 aliphatic rings. The summed E-state index contributed by atoms with van der Waals surface area (Å²) < 4.78 is 0.656. The van der Waals surface area contributed by atoms with Crippen molar-refractivity contribution >= 4 is 30.8 Å². The number of amides is 1. The van der Waals surface area contributed by atoms with Crippen molar-refractivity contribution < 1.29 is 9.72 Å². The Hall–Kier alpha value is -1.98. The van der Waals surface area contributed by atoms with E-state index in [2.05, 4.69) is 10.3 Å². The van der Waals surface area contributed by atoms with E-state index in [-0.39, 0.29) is 26.1 Å². The van der Waals surface area contributed by atoms with E-state index in [0.717, 1.165) is 11.3 Å². The number of non-ortho nitro benzene ring substituents is 1. The van der Waals surface area contributed by atoms with Crippen LogP contribution in [-0.4, -0.2) is 30.3 Å². The quantitative estimate of drug-likeness (QED) is 0.531. The predicted octanol–water partition coefficient (Wildman–Crippen LogP) is 1.67. The summed E-state index contributed by atoms with van der Waals surface area (Å²) in [5.74, 6) is -0.144. The van der Waals surface area contributed by atoms with E-state index in [4.69, 9.17) is 0 Å². The average Bonchev–Trinajstić information content (AvgIpc) is 2.76. The van der Waals surface area contributed by atoms with E-state index < -0.39 is 4.92 Å². The number of rotatable bonds is 3. The number of aromatic nitrogens is 1. The van der Waals surface area contributed by atoms with Crippen molar-refractivity contribution in [2.24, 2.45) is 0 Å². The molecule has 0 fully saturated rings. The molecule has 1 amide bonds. The molecule has 2 aromatic rings. The third-order valence-electron chi connectivity index (χ3n) is 2.16. The first kappa shape index (κ1) is 12.5. The fraction of sp³-hybridized carbons (Fsp3) is 0.0909. The predicted molar refractivity (Wildman–Crippen MR) is 67.6 cm³/mol. The van der Waals surface area contributed by atoms with Crippen molar-refractivity contribution in [1.29, 1.82) is 0 Å². The van der Waals surface area contributed by atoms with Crippen LogP contribution in [0, 0.1) is 10.1 Å². The van der Waals surface area contributed by atoms with Crippen LogP contribution in [0.2, 0.25) is 0 Å². The molecule has 0 spiro atoms. The van der Waals surface area contributed by atoms with Gasteiger partial charge in [-0.2, -0.15) is 0 Å². The van der Waals surface area contributed by atoms with Gasteiger partial charge in [0, 0.05) is 0 Å². The summed E-state index contributed by atoms with van der Waals surface area (Å²) >= 11 is 0.00276. The summed E-state index contributed by atoms with van der Waals surface area (Å²) in [5.41, 5.74) is 1.60. The first-order chi connectivity index (χ1) is 8.56. The maximum atomic E-state index is 10.9. The molecule has 0 aliphatic carbocycles. The van der Waals surface area contributed by atoms with Crippen LogP contribution >= 0.6 is 0 Å². The van der Waals surface area contributed by atoms with Gasteiger partial charge in [0.25, 0.3) is 0 Å². The van der Waals surface area contributed by atoms with Gasteiger partial charge in [0.15, 0.2) is 0 Å². The number of anilines is 1. The molecule has 0 radical (unpaired) electrons. The van der Waals surface area contributed by atoms with Crippen molar-refractivity contribution in [2.45, 2.75) is 6.92 Å². The average molecular weight is 310 g/mol. The normalized spacial score (nSPS) is 10.1. The first-order valence-corrected chi connectivity index (χ1v) is 6.89. The molecule has 0 atom stereocenters. The van der Waals surface area contributed by atoms with Gasteiger partial charge in [-0.1, -0.05) is 0 Å². The van der Waals surface area contributed by atoms with Gasteiger partial charge in [-0.15, -0.1) is 0 Å². The molecule has 0 unspecified atom stereocenters. The van der Waals surface area contributed by atoms with E-state index in [1.54, 1.807) is 12.1 Å². The monoisotopic (exact) mass is 311 g/mol. The van der Waals surface area contributed by atoms with E-state index in [0.29, 0.717) is 4.69 Å². The van der Waals surface area contributed by atoms with E-state index in [9.17, 15) is 14.9 Å². The van der Waals surface area contributed by atoms with Gasteiger partial charge in [0.05, 0.1) is 0 Å². The van der Waals surface area contributed by atoms with Gasteiger partial charge in [-0.25, -0.2) is 0 Å². The molecule has 0 bridgehead atoms. The minimum absolute atomic E-state index is 0.00276. The van der Waals surface area contributed by atoms with E-state index in [1.807, 2.05) is 4.94 Å². The van der Waals surface area contributed by atoms with Crippen molar-refractivity contribution in [2.75, 3.05) is 5.32 Å². The van der Waals surface area contributed by atoms with Crippen molar-refractivity contribution in [1.82, 2.24) is 4.98 Å². The Balaban J connectivity index is 2.23. The molecule has 1 heterocycles. The summed E-state index contributed by atoms with van der Waals surface area (Å²) in [5, 5.41) is 13.2. The van der Waals surface area contributed by atoms with Crippen molar-refractivity contribution in [3.63, 3.8) is 0 Å². The van der Waals surface area contributed by atoms with Gasteiger partial charge >= 0.3 is 108 Å². The molecule has 2 rings (SSSR count). The Morgan fingerprint density at radius 3 is 2.61 bits per heavy atom. The van der Waals surface area contributed by atoms with Gasteiger partial charge in [0.2, 0.25) is 0 Å². The van der Waals surface area contributed by atoms with E-state index >= 15 is 0 Å². The molecular formula is C11H9N3O3Se. The second-order valence-corrected chi connectivity index (χ2v) is 5.32. The fourth-order valence-corrected chi connectivity index (χ4v) is 2.97. The second kappa shape index (κ2) is 5.12. The summed E-state index contributed by atoms with van der Waals surface area (Å²) in [6, 6.07) is 6.19. The van der Waals surface area contributed by atoms with Gasteiger partial charge in [-0.05, 0) is 0 Å². The third kappa shape index (κ3) is 2.82. The molecular weight excluding hydrogens is 301 g/mol. The Morgan fingerprint density at radius 1 is 1.39 bits per heavy atom. The fourth-order valence-electron chi connectivity index (χ4n) is 1.37. The van der Waals surface area contributed by atoms with Crippen molar-refractivity contribution in [3.8, 4) is 11.3 Å². The number of nitro groups is 1. The standard InChI is InChI=1S/C11H9N3O3Se/c1-7(15)12-11-13-10(6-18-11)8-2-4-9(5-3-8)14(16)17/h2-6H,1H3,(H,12,13,15). The Kier molecular flexibility index (Phi) is 3.55. The van der Waals surface area contributed by atoms with Crippen LogP contribution in [0.1, 0.15) is 6.92 Å². The molecule has 7 heteroatoms. The summed E-state index contributed by atoms with van der Waals surface area (Å²) in [6.07, 6.45) is 0. The first-order valence-electron chi connectivity index (χ1n) is 5.04. The molecule has 0 aliphatic heterocycles. The minimum atomic E-state index is -0.442. The van der Waals surface area contributed by atoms with Crippen LogP contribution in [0.5, 0.6) is 0 Å².